The molecular formula is C11H16N4S. The molecule has 0 fully saturated rings. The first-order chi connectivity index (χ1) is 7.76. The standard InChI is InChI=1S/C11H16N4S/c1-4-15-6-5-13-11(15)10(12-3)9-7-16-8(2)14-9/h5-7,10,12H,4H2,1-3H3. The topological polar surface area (TPSA) is 42.7 Å². The molecule has 1 atom stereocenters. The van der Waals surface area contributed by atoms with E-state index in [2.05, 4.69) is 32.2 Å². The Morgan fingerprint density at radius 1 is 1.56 bits per heavy atom. The van der Waals surface area contributed by atoms with Gasteiger partial charge in [0, 0.05) is 24.3 Å². The van der Waals surface area contributed by atoms with Crippen molar-refractivity contribution in [1.29, 1.82) is 0 Å². The normalized spacial score (nSPS) is 12.9. The van der Waals surface area contributed by atoms with Crippen LogP contribution in [0.5, 0.6) is 0 Å². The molecule has 2 heterocycles. The van der Waals surface area contributed by atoms with Crippen LogP contribution in [0.15, 0.2) is 17.8 Å². The molecule has 0 aliphatic carbocycles. The predicted octanol–water partition coefficient (Wildman–Crippen LogP) is 1.98. The average molecular weight is 236 g/mol. The van der Waals surface area contributed by atoms with Gasteiger partial charge in [0.1, 0.15) is 11.9 Å². The van der Waals surface area contributed by atoms with Crippen LogP contribution in [0.2, 0.25) is 0 Å². The summed E-state index contributed by atoms with van der Waals surface area (Å²) in [4.78, 5) is 8.92. The van der Waals surface area contributed by atoms with Crippen LogP contribution >= 0.6 is 11.3 Å². The lowest BCUT2D eigenvalue weighted by Crippen LogP contribution is -2.22. The van der Waals surface area contributed by atoms with Gasteiger partial charge in [0.15, 0.2) is 0 Å². The van der Waals surface area contributed by atoms with Crippen molar-refractivity contribution in [2.75, 3.05) is 7.05 Å². The smallest absolute Gasteiger partial charge is 0.132 e. The monoisotopic (exact) mass is 236 g/mol. The lowest BCUT2D eigenvalue weighted by molar-refractivity contribution is 0.581. The third-order valence-electron chi connectivity index (χ3n) is 2.57. The van der Waals surface area contributed by atoms with Crippen molar-refractivity contribution >= 4 is 11.3 Å². The molecule has 0 aliphatic rings. The zero-order valence-corrected chi connectivity index (χ0v) is 10.6. The minimum atomic E-state index is 0.0832. The Bertz CT molecular complexity index is 460. The second kappa shape index (κ2) is 4.76. The summed E-state index contributed by atoms with van der Waals surface area (Å²) in [6.45, 7) is 5.06. The van der Waals surface area contributed by atoms with Crippen LogP contribution in [0.1, 0.15) is 29.5 Å². The van der Waals surface area contributed by atoms with Gasteiger partial charge in [-0.1, -0.05) is 0 Å². The summed E-state index contributed by atoms with van der Waals surface area (Å²) in [5, 5.41) is 6.45. The summed E-state index contributed by atoms with van der Waals surface area (Å²) in [6.07, 6.45) is 3.83. The van der Waals surface area contributed by atoms with Gasteiger partial charge in [-0.25, -0.2) is 9.97 Å². The second-order valence-electron chi connectivity index (χ2n) is 3.58. The van der Waals surface area contributed by atoms with E-state index in [1.165, 1.54) is 0 Å². The molecule has 0 aromatic carbocycles. The zero-order valence-electron chi connectivity index (χ0n) is 9.77. The van der Waals surface area contributed by atoms with Crippen molar-refractivity contribution in [2.24, 2.45) is 0 Å². The van der Waals surface area contributed by atoms with Gasteiger partial charge in [-0.15, -0.1) is 11.3 Å². The van der Waals surface area contributed by atoms with E-state index < -0.39 is 0 Å². The largest absolute Gasteiger partial charge is 0.334 e. The first-order valence-electron chi connectivity index (χ1n) is 5.36. The Morgan fingerprint density at radius 2 is 2.38 bits per heavy atom. The van der Waals surface area contributed by atoms with Gasteiger partial charge in [0.25, 0.3) is 0 Å². The van der Waals surface area contributed by atoms with E-state index in [1.54, 1.807) is 11.3 Å². The molecule has 1 N–H and O–H groups in total. The maximum absolute atomic E-state index is 4.52. The molecule has 2 aromatic heterocycles. The van der Waals surface area contributed by atoms with Crippen molar-refractivity contribution in [3.05, 3.63) is 34.3 Å². The number of aromatic nitrogens is 3. The summed E-state index contributed by atoms with van der Waals surface area (Å²) in [7, 11) is 1.94. The minimum absolute atomic E-state index is 0.0832. The van der Waals surface area contributed by atoms with Crippen molar-refractivity contribution in [1.82, 2.24) is 19.9 Å². The van der Waals surface area contributed by atoms with Crippen LogP contribution in [-0.2, 0) is 6.54 Å². The molecule has 0 saturated heterocycles. The SMILES string of the molecule is CCn1ccnc1C(NC)c1csc(C)n1. The molecule has 1 unspecified atom stereocenters. The van der Waals surface area contributed by atoms with Crippen molar-refractivity contribution in [3.8, 4) is 0 Å². The second-order valence-corrected chi connectivity index (χ2v) is 4.65. The van der Waals surface area contributed by atoms with Gasteiger partial charge in [-0.2, -0.15) is 0 Å². The Hall–Kier alpha value is -1.20. The highest BCUT2D eigenvalue weighted by Crippen LogP contribution is 2.21. The van der Waals surface area contributed by atoms with E-state index in [-0.39, 0.29) is 6.04 Å². The molecular weight excluding hydrogens is 220 g/mol. The van der Waals surface area contributed by atoms with Crippen LogP contribution in [0.3, 0.4) is 0 Å². The first-order valence-corrected chi connectivity index (χ1v) is 6.24. The molecule has 0 spiro atoms. The molecule has 5 heteroatoms. The van der Waals surface area contributed by atoms with E-state index in [9.17, 15) is 0 Å². The lowest BCUT2D eigenvalue weighted by Gasteiger charge is -2.14. The van der Waals surface area contributed by atoms with E-state index in [0.29, 0.717) is 0 Å². The van der Waals surface area contributed by atoms with Gasteiger partial charge in [-0.3, -0.25) is 0 Å². The Balaban J connectivity index is 2.36. The Kier molecular flexibility index (Phi) is 3.36. The summed E-state index contributed by atoms with van der Waals surface area (Å²) < 4.78 is 2.13. The molecule has 2 aromatic rings. The van der Waals surface area contributed by atoms with Crippen LogP contribution in [-0.4, -0.2) is 21.6 Å². The number of aryl methyl sites for hydroxylation is 2. The van der Waals surface area contributed by atoms with Gasteiger partial charge in [0.2, 0.25) is 0 Å². The number of hydrogen-bond acceptors (Lipinski definition) is 4. The highest BCUT2D eigenvalue weighted by molar-refractivity contribution is 7.09. The summed E-state index contributed by atoms with van der Waals surface area (Å²) in [5.74, 6) is 1.02. The number of thiazole rings is 1. The van der Waals surface area contributed by atoms with E-state index in [4.69, 9.17) is 0 Å². The van der Waals surface area contributed by atoms with Gasteiger partial charge < -0.3 is 9.88 Å². The maximum atomic E-state index is 4.52. The minimum Gasteiger partial charge on any atom is -0.334 e. The Morgan fingerprint density at radius 3 is 2.94 bits per heavy atom. The summed E-state index contributed by atoms with van der Waals surface area (Å²) in [5.41, 5.74) is 1.05. The van der Waals surface area contributed by atoms with E-state index >= 15 is 0 Å². The Labute approximate surface area is 99.4 Å². The van der Waals surface area contributed by atoms with Crippen LogP contribution in [0.4, 0.5) is 0 Å². The van der Waals surface area contributed by atoms with Crippen molar-refractivity contribution < 1.29 is 0 Å². The van der Waals surface area contributed by atoms with Crippen LogP contribution in [0, 0.1) is 6.92 Å². The van der Waals surface area contributed by atoms with Gasteiger partial charge in [-0.05, 0) is 20.9 Å². The molecule has 2 rings (SSSR count). The first kappa shape index (κ1) is 11.3. The van der Waals surface area contributed by atoms with Crippen molar-refractivity contribution in [2.45, 2.75) is 26.4 Å². The summed E-state index contributed by atoms with van der Waals surface area (Å²) in [6, 6.07) is 0.0832. The van der Waals surface area contributed by atoms with Crippen molar-refractivity contribution in [3.63, 3.8) is 0 Å². The lowest BCUT2D eigenvalue weighted by atomic mass is 10.2. The molecule has 86 valence electrons. The number of imidazole rings is 1. The molecule has 0 aliphatic heterocycles. The molecule has 0 saturated carbocycles. The van der Waals surface area contributed by atoms with E-state index in [0.717, 1.165) is 23.1 Å². The molecule has 4 nitrogen and oxygen atoms in total. The fourth-order valence-corrected chi connectivity index (χ4v) is 2.41. The third kappa shape index (κ3) is 2.01. The molecule has 0 amide bonds. The molecule has 16 heavy (non-hydrogen) atoms. The molecule has 0 radical (unpaired) electrons. The molecule has 0 bridgehead atoms. The van der Waals surface area contributed by atoms with Crippen LogP contribution < -0.4 is 5.32 Å². The highest BCUT2D eigenvalue weighted by Gasteiger charge is 2.19. The van der Waals surface area contributed by atoms with Crippen LogP contribution in [0.25, 0.3) is 0 Å². The van der Waals surface area contributed by atoms with Gasteiger partial charge >= 0.3 is 0 Å². The maximum Gasteiger partial charge on any atom is 0.132 e. The number of nitrogens with one attached hydrogen (secondary N) is 1. The quantitative estimate of drug-likeness (QED) is 0.882. The third-order valence-corrected chi connectivity index (χ3v) is 3.36. The van der Waals surface area contributed by atoms with E-state index in [1.807, 2.05) is 26.4 Å². The number of nitrogens with zero attached hydrogens (tertiary/aromatic N) is 3. The predicted molar refractivity (Wildman–Crippen MR) is 65.7 cm³/mol. The zero-order chi connectivity index (χ0) is 11.5. The van der Waals surface area contributed by atoms with Gasteiger partial charge in [0.05, 0.1) is 10.7 Å². The number of rotatable bonds is 4. The summed E-state index contributed by atoms with van der Waals surface area (Å²) >= 11 is 1.67. The fourth-order valence-electron chi connectivity index (χ4n) is 1.77. The number of hydrogen-bond donors (Lipinski definition) is 1. The highest BCUT2D eigenvalue weighted by atomic mass is 32.1. The average Bonchev–Trinajstić information content (AvgIpc) is 2.89. The fraction of sp³-hybridized carbons (Fsp3) is 0.455.